The molecule has 0 unspecified atom stereocenters. The Morgan fingerprint density at radius 2 is 1.85 bits per heavy atom. The minimum Gasteiger partial charge on any atom is -0.478 e. The molecule has 2 aromatic rings. The molecule has 0 aliphatic carbocycles. The fourth-order valence-electron chi connectivity index (χ4n) is 1.82. The van der Waals surface area contributed by atoms with E-state index in [1.807, 2.05) is 6.92 Å². The quantitative estimate of drug-likeness (QED) is 0.898. The van der Waals surface area contributed by atoms with Gasteiger partial charge in [0.2, 0.25) is 0 Å². The molecule has 2 rings (SSSR count). The third-order valence-corrected chi connectivity index (χ3v) is 2.79. The van der Waals surface area contributed by atoms with Crippen LogP contribution < -0.4 is 5.32 Å². The van der Waals surface area contributed by atoms with Crippen molar-refractivity contribution in [2.24, 2.45) is 0 Å². The number of amides is 1. The van der Waals surface area contributed by atoms with Gasteiger partial charge >= 0.3 is 5.97 Å². The Hall–Kier alpha value is -2.69. The molecule has 1 aromatic heterocycles. The number of aromatic nitrogens is 1. The van der Waals surface area contributed by atoms with Crippen molar-refractivity contribution in [1.82, 2.24) is 4.98 Å². The number of nitrogens with one attached hydrogen (secondary N) is 1. The van der Waals surface area contributed by atoms with E-state index in [0.29, 0.717) is 5.56 Å². The van der Waals surface area contributed by atoms with Crippen LogP contribution in [0, 0.1) is 13.8 Å². The normalized spacial score (nSPS) is 10.1. The predicted octanol–water partition coefficient (Wildman–Crippen LogP) is 2.65. The molecule has 0 spiro atoms. The third kappa shape index (κ3) is 3.00. The van der Waals surface area contributed by atoms with Gasteiger partial charge in [-0.1, -0.05) is 11.6 Å². The zero-order valence-electron chi connectivity index (χ0n) is 11.2. The Balaban J connectivity index is 2.30. The second-order valence-electron chi connectivity index (χ2n) is 4.56. The second-order valence-corrected chi connectivity index (χ2v) is 4.56. The number of rotatable bonds is 3. The lowest BCUT2D eigenvalue weighted by molar-refractivity contribution is 0.0698. The van der Waals surface area contributed by atoms with E-state index in [4.69, 9.17) is 5.11 Å². The first-order valence-electron chi connectivity index (χ1n) is 6.04. The van der Waals surface area contributed by atoms with Crippen LogP contribution in [0.1, 0.15) is 31.8 Å². The summed E-state index contributed by atoms with van der Waals surface area (Å²) in [7, 11) is 0. The Bertz CT molecular complexity index is 681. The molecule has 0 fully saturated rings. The molecule has 1 aromatic carbocycles. The van der Waals surface area contributed by atoms with Gasteiger partial charge in [-0.25, -0.2) is 4.79 Å². The van der Waals surface area contributed by atoms with Crippen LogP contribution in [-0.2, 0) is 0 Å². The number of hydrogen-bond acceptors (Lipinski definition) is 3. The van der Waals surface area contributed by atoms with Crippen molar-refractivity contribution < 1.29 is 14.7 Å². The zero-order chi connectivity index (χ0) is 14.7. The summed E-state index contributed by atoms with van der Waals surface area (Å²) in [6.07, 6.45) is 3.09. The Morgan fingerprint density at radius 1 is 1.10 bits per heavy atom. The first-order valence-corrected chi connectivity index (χ1v) is 6.04. The van der Waals surface area contributed by atoms with Crippen LogP contribution in [0.3, 0.4) is 0 Å². The number of aromatic carboxylic acids is 1. The Morgan fingerprint density at radius 3 is 2.50 bits per heavy atom. The first kappa shape index (κ1) is 13.7. The van der Waals surface area contributed by atoms with Crippen LogP contribution in [0.5, 0.6) is 0 Å². The summed E-state index contributed by atoms with van der Waals surface area (Å²) in [5, 5.41) is 11.8. The van der Waals surface area contributed by atoms with Crippen molar-refractivity contribution in [1.29, 1.82) is 0 Å². The minimum absolute atomic E-state index is 0.0685. The number of nitrogens with zero attached hydrogens (tertiary/aromatic N) is 1. The van der Waals surface area contributed by atoms with Crippen LogP contribution >= 0.6 is 0 Å². The monoisotopic (exact) mass is 270 g/mol. The second kappa shape index (κ2) is 5.52. The number of benzene rings is 1. The molecular weight excluding hydrogens is 256 g/mol. The number of carboxylic acid groups (broad SMARTS) is 1. The van der Waals surface area contributed by atoms with E-state index in [2.05, 4.69) is 10.3 Å². The highest BCUT2D eigenvalue weighted by Crippen LogP contribution is 2.18. The molecule has 0 saturated heterocycles. The molecule has 102 valence electrons. The Kier molecular flexibility index (Phi) is 3.79. The molecule has 2 N–H and O–H groups in total. The predicted molar refractivity (Wildman–Crippen MR) is 75.1 cm³/mol. The summed E-state index contributed by atoms with van der Waals surface area (Å²) < 4.78 is 0. The summed E-state index contributed by atoms with van der Waals surface area (Å²) in [5.74, 6) is -1.46. The van der Waals surface area contributed by atoms with E-state index < -0.39 is 5.97 Å². The van der Waals surface area contributed by atoms with Gasteiger partial charge in [-0.15, -0.1) is 0 Å². The van der Waals surface area contributed by atoms with E-state index in [-0.39, 0.29) is 17.2 Å². The fraction of sp³-hybridized carbons (Fsp3) is 0.133. The fourth-order valence-corrected chi connectivity index (χ4v) is 1.82. The van der Waals surface area contributed by atoms with Crippen molar-refractivity contribution in [2.45, 2.75) is 13.8 Å². The summed E-state index contributed by atoms with van der Waals surface area (Å²) in [4.78, 5) is 27.2. The summed E-state index contributed by atoms with van der Waals surface area (Å²) in [5.41, 5.74) is 2.41. The molecule has 0 aliphatic rings. The molecule has 20 heavy (non-hydrogen) atoms. The number of carbonyl (C=O) groups excluding carboxylic acids is 1. The van der Waals surface area contributed by atoms with Crippen LogP contribution in [0.25, 0.3) is 0 Å². The van der Waals surface area contributed by atoms with E-state index in [1.54, 1.807) is 31.3 Å². The lowest BCUT2D eigenvalue weighted by atomic mass is 10.1. The number of carbonyl (C=O) groups is 2. The van der Waals surface area contributed by atoms with E-state index in [1.165, 1.54) is 12.3 Å². The van der Waals surface area contributed by atoms with Crippen molar-refractivity contribution in [2.75, 3.05) is 5.32 Å². The smallest absolute Gasteiger partial charge is 0.337 e. The number of aryl methyl sites for hydroxylation is 2. The molecule has 0 bridgehead atoms. The van der Waals surface area contributed by atoms with E-state index >= 15 is 0 Å². The standard InChI is InChI=1S/C15H14N2O3/c1-9-3-4-13(12(6-9)15(19)20)17-14(18)11-5-10(2)7-16-8-11/h3-8H,1-2H3,(H,17,18)(H,19,20). The molecule has 0 radical (unpaired) electrons. The van der Waals surface area contributed by atoms with Gasteiger partial charge < -0.3 is 10.4 Å². The van der Waals surface area contributed by atoms with Gasteiger partial charge in [0.1, 0.15) is 0 Å². The van der Waals surface area contributed by atoms with Crippen LogP contribution in [-0.4, -0.2) is 22.0 Å². The van der Waals surface area contributed by atoms with Crippen LogP contribution in [0.2, 0.25) is 0 Å². The lowest BCUT2D eigenvalue weighted by Crippen LogP contribution is -2.15. The molecule has 1 amide bonds. The maximum Gasteiger partial charge on any atom is 0.337 e. The Labute approximate surface area is 116 Å². The highest BCUT2D eigenvalue weighted by atomic mass is 16.4. The number of carboxylic acids is 1. The van der Waals surface area contributed by atoms with Gasteiger partial charge in [0.25, 0.3) is 5.91 Å². The van der Waals surface area contributed by atoms with Crippen molar-refractivity contribution in [3.8, 4) is 0 Å². The summed E-state index contributed by atoms with van der Waals surface area (Å²) in [6.45, 7) is 3.63. The molecule has 1 heterocycles. The molecule has 0 saturated carbocycles. The van der Waals surface area contributed by atoms with Crippen molar-refractivity contribution in [3.05, 3.63) is 58.9 Å². The van der Waals surface area contributed by atoms with Gasteiger partial charge in [0.05, 0.1) is 16.8 Å². The van der Waals surface area contributed by atoms with Crippen molar-refractivity contribution >= 4 is 17.6 Å². The first-order chi connectivity index (χ1) is 9.47. The average Bonchev–Trinajstić information content (AvgIpc) is 2.40. The molecule has 0 atom stereocenters. The maximum absolute atomic E-state index is 12.1. The summed E-state index contributed by atoms with van der Waals surface area (Å²) in [6, 6.07) is 6.54. The highest BCUT2D eigenvalue weighted by Gasteiger charge is 2.14. The van der Waals surface area contributed by atoms with Gasteiger partial charge in [0.15, 0.2) is 0 Å². The maximum atomic E-state index is 12.1. The largest absolute Gasteiger partial charge is 0.478 e. The van der Waals surface area contributed by atoms with Gasteiger partial charge in [-0.05, 0) is 37.6 Å². The minimum atomic E-state index is -1.08. The third-order valence-electron chi connectivity index (χ3n) is 2.79. The van der Waals surface area contributed by atoms with E-state index in [9.17, 15) is 9.59 Å². The topological polar surface area (TPSA) is 79.3 Å². The number of anilines is 1. The zero-order valence-corrected chi connectivity index (χ0v) is 11.2. The number of hydrogen-bond donors (Lipinski definition) is 2. The molecule has 5 heteroatoms. The SMILES string of the molecule is Cc1cncc(C(=O)Nc2ccc(C)cc2C(=O)O)c1. The van der Waals surface area contributed by atoms with Crippen LogP contribution in [0.15, 0.2) is 36.7 Å². The number of pyridine rings is 1. The summed E-state index contributed by atoms with van der Waals surface area (Å²) >= 11 is 0. The van der Waals surface area contributed by atoms with Gasteiger partial charge in [-0.2, -0.15) is 0 Å². The van der Waals surface area contributed by atoms with E-state index in [0.717, 1.165) is 11.1 Å². The molecular formula is C15H14N2O3. The van der Waals surface area contributed by atoms with Gasteiger partial charge in [-0.3, -0.25) is 9.78 Å². The average molecular weight is 270 g/mol. The van der Waals surface area contributed by atoms with Crippen LogP contribution in [0.4, 0.5) is 5.69 Å². The lowest BCUT2D eigenvalue weighted by Gasteiger charge is -2.09. The molecule has 5 nitrogen and oxygen atoms in total. The van der Waals surface area contributed by atoms with Gasteiger partial charge in [0, 0.05) is 12.4 Å². The molecule has 0 aliphatic heterocycles. The van der Waals surface area contributed by atoms with Crippen molar-refractivity contribution in [3.63, 3.8) is 0 Å². The highest BCUT2D eigenvalue weighted by molar-refractivity contribution is 6.07.